The lowest BCUT2D eigenvalue weighted by atomic mass is 10.0. The third kappa shape index (κ3) is 20.0. The van der Waals surface area contributed by atoms with Crippen molar-refractivity contribution in [2.45, 2.75) is 200 Å². The number of rotatable bonds is 29. The molecule has 0 saturated carbocycles. The van der Waals surface area contributed by atoms with Crippen molar-refractivity contribution < 1.29 is 0 Å². The molecule has 2 nitrogen and oxygen atoms in total. The maximum absolute atomic E-state index is 2.65. The molecule has 2 heteroatoms. The molecule has 1 aliphatic rings. The van der Waals surface area contributed by atoms with Gasteiger partial charge in [0.05, 0.1) is 0 Å². The van der Waals surface area contributed by atoms with E-state index in [1.807, 2.05) is 0 Å². The Bertz CT molecular complexity index is 474. The van der Waals surface area contributed by atoms with Crippen LogP contribution in [0.15, 0.2) is 12.4 Å². The predicted molar refractivity (Wildman–Crippen MR) is 168 cm³/mol. The first-order valence-corrected chi connectivity index (χ1v) is 17.5. The summed E-state index contributed by atoms with van der Waals surface area (Å²) in [5.74, 6) is 0. The van der Waals surface area contributed by atoms with Crippen molar-refractivity contribution in [3.8, 4) is 0 Å². The minimum Gasteiger partial charge on any atom is -0.356 e. The summed E-state index contributed by atoms with van der Waals surface area (Å²) in [6.45, 7) is 9.47. The van der Waals surface area contributed by atoms with Crippen molar-refractivity contribution >= 4 is 0 Å². The van der Waals surface area contributed by atoms with Gasteiger partial charge in [0.1, 0.15) is 6.17 Å². The Balaban J connectivity index is 1.93. The molecular weight excluding hydrogens is 448 g/mol. The second-order valence-corrected chi connectivity index (χ2v) is 12.2. The standard InChI is InChI=1S/C35H70N2/c1-4-7-9-11-13-15-16-17-18-19-20-21-22-23-25-27-29-32-37-34-33-36(35(37)30-6-3)31-28-26-24-14-12-10-8-5-2/h33-35H,4-32H2,1-3H3. The lowest BCUT2D eigenvalue weighted by Crippen LogP contribution is -2.39. The molecule has 0 spiro atoms. The van der Waals surface area contributed by atoms with E-state index in [2.05, 4.69) is 43.0 Å². The van der Waals surface area contributed by atoms with E-state index in [0.717, 1.165) is 0 Å². The molecule has 0 aromatic carbocycles. The van der Waals surface area contributed by atoms with Crippen LogP contribution in [-0.2, 0) is 0 Å². The molecule has 0 N–H and O–H groups in total. The number of unbranched alkanes of at least 4 members (excludes halogenated alkanes) is 23. The first-order chi connectivity index (χ1) is 18.3. The summed E-state index contributed by atoms with van der Waals surface area (Å²) >= 11 is 0. The third-order valence-electron chi connectivity index (χ3n) is 8.55. The zero-order valence-corrected chi connectivity index (χ0v) is 26.1. The lowest BCUT2D eigenvalue weighted by molar-refractivity contribution is 0.138. The SMILES string of the molecule is CCCCCCCCCCCCCCCCCCCN1C=CN(CCCCCCCCCC)C1CCC. The normalized spacial score (nSPS) is 15.4. The topological polar surface area (TPSA) is 6.48 Å². The summed E-state index contributed by atoms with van der Waals surface area (Å²) in [5, 5.41) is 0. The van der Waals surface area contributed by atoms with E-state index in [0.29, 0.717) is 6.17 Å². The van der Waals surface area contributed by atoms with E-state index >= 15 is 0 Å². The highest BCUT2D eigenvalue weighted by Crippen LogP contribution is 2.22. The minimum absolute atomic E-state index is 0.635. The first-order valence-electron chi connectivity index (χ1n) is 17.5. The zero-order chi connectivity index (χ0) is 26.7. The van der Waals surface area contributed by atoms with Crippen LogP contribution in [0, 0.1) is 0 Å². The first kappa shape index (κ1) is 34.4. The van der Waals surface area contributed by atoms with E-state index in [1.165, 1.54) is 186 Å². The molecular formula is C35H70N2. The summed E-state index contributed by atoms with van der Waals surface area (Å²) in [6.07, 6.45) is 44.1. The Morgan fingerprint density at radius 1 is 0.351 bits per heavy atom. The Morgan fingerprint density at radius 2 is 0.622 bits per heavy atom. The van der Waals surface area contributed by atoms with E-state index in [1.54, 1.807) is 0 Å². The van der Waals surface area contributed by atoms with Crippen molar-refractivity contribution in [2.24, 2.45) is 0 Å². The molecule has 0 aliphatic carbocycles. The fourth-order valence-electron chi connectivity index (χ4n) is 6.04. The van der Waals surface area contributed by atoms with Gasteiger partial charge in [-0.25, -0.2) is 0 Å². The van der Waals surface area contributed by atoms with Crippen LogP contribution in [0.3, 0.4) is 0 Å². The Hall–Kier alpha value is -0.660. The van der Waals surface area contributed by atoms with Crippen LogP contribution in [-0.4, -0.2) is 29.1 Å². The largest absolute Gasteiger partial charge is 0.356 e. The molecule has 0 fully saturated rings. The van der Waals surface area contributed by atoms with Gasteiger partial charge in [-0.15, -0.1) is 0 Å². The van der Waals surface area contributed by atoms with Crippen molar-refractivity contribution in [1.82, 2.24) is 9.80 Å². The maximum atomic E-state index is 2.65. The Morgan fingerprint density at radius 3 is 0.892 bits per heavy atom. The predicted octanol–water partition coefficient (Wildman–Crippen LogP) is 12.0. The van der Waals surface area contributed by atoms with Crippen LogP contribution in [0.2, 0.25) is 0 Å². The fraction of sp³-hybridized carbons (Fsp3) is 0.943. The lowest BCUT2D eigenvalue weighted by Gasteiger charge is -2.33. The second-order valence-electron chi connectivity index (χ2n) is 12.2. The van der Waals surface area contributed by atoms with Crippen LogP contribution in [0.4, 0.5) is 0 Å². The fourth-order valence-corrected chi connectivity index (χ4v) is 6.04. The molecule has 1 rings (SSSR count). The smallest absolute Gasteiger partial charge is 0.101 e. The average molecular weight is 519 g/mol. The van der Waals surface area contributed by atoms with Gasteiger partial charge in [0, 0.05) is 25.5 Å². The maximum Gasteiger partial charge on any atom is 0.101 e. The number of nitrogens with zero attached hydrogens (tertiary/aromatic N) is 2. The van der Waals surface area contributed by atoms with Crippen molar-refractivity contribution in [3.05, 3.63) is 12.4 Å². The van der Waals surface area contributed by atoms with E-state index in [9.17, 15) is 0 Å². The zero-order valence-electron chi connectivity index (χ0n) is 26.1. The van der Waals surface area contributed by atoms with Crippen LogP contribution in [0.1, 0.15) is 194 Å². The van der Waals surface area contributed by atoms with Gasteiger partial charge in [-0.2, -0.15) is 0 Å². The summed E-state index contributed by atoms with van der Waals surface area (Å²) in [4.78, 5) is 5.30. The van der Waals surface area contributed by atoms with Crippen LogP contribution in [0.25, 0.3) is 0 Å². The van der Waals surface area contributed by atoms with Gasteiger partial charge in [0.25, 0.3) is 0 Å². The molecule has 37 heavy (non-hydrogen) atoms. The van der Waals surface area contributed by atoms with Gasteiger partial charge in [-0.05, 0) is 19.3 Å². The molecule has 0 aromatic heterocycles. The van der Waals surface area contributed by atoms with Crippen LogP contribution < -0.4 is 0 Å². The quantitative estimate of drug-likeness (QED) is 0.0908. The highest BCUT2D eigenvalue weighted by Gasteiger charge is 2.24. The van der Waals surface area contributed by atoms with Gasteiger partial charge < -0.3 is 9.80 Å². The van der Waals surface area contributed by atoms with Gasteiger partial charge in [0.2, 0.25) is 0 Å². The molecule has 0 aromatic rings. The summed E-state index contributed by atoms with van der Waals surface area (Å²) in [7, 11) is 0. The molecule has 0 radical (unpaired) electrons. The van der Waals surface area contributed by atoms with Gasteiger partial charge >= 0.3 is 0 Å². The van der Waals surface area contributed by atoms with E-state index < -0.39 is 0 Å². The monoisotopic (exact) mass is 519 g/mol. The number of hydrogen-bond acceptors (Lipinski definition) is 2. The molecule has 0 amide bonds. The van der Waals surface area contributed by atoms with Crippen molar-refractivity contribution in [1.29, 1.82) is 0 Å². The molecule has 0 bridgehead atoms. The Labute approximate surface area is 235 Å². The van der Waals surface area contributed by atoms with Gasteiger partial charge in [0.15, 0.2) is 0 Å². The summed E-state index contributed by atoms with van der Waals surface area (Å²) < 4.78 is 0. The molecule has 1 atom stereocenters. The summed E-state index contributed by atoms with van der Waals surface area (Å²) in [5.41, 5.74) is 0. The second kappa shape index (κ2) is 26.9. The van der Waals surface area contributed by atoms with Gasteiger partial charge in [-0.1, -0.05) is 175 Å². The highest BCUT2D eigenvalue weighted by atomic mass is 15.4. The van der Waals surface area contributed by atoms with E-state index in [4.69, 9.17) is 0 Å². The Kier molecular flexibility index (Phi) is 25.0. The third-order valence-corrected chi connectivity index (χ3v) is 8.55. The van der Waals surface area contributed by atoms with Crippen LogP contribution >= 0.6 is 0 Å². The molecule has 1 heterocycles. The number of hydrogen-bond donors (Lipinski definition) is 0. The van der Waals surface area contributed by atoms with Crippen molar-refractivity contribution in [3.63, 3.8) is 0 Å². The molecule has 0 saturated heterocycles. The molecule has 1 aliphatic heterocycles. The highest BCUT2D eigenvalue weighted by molar-refractivity contribution is 4.96. The molecule has 220 valence electrons. The van der Waals surface area contributed by atoms with E-state index in [-0.39, 0.29) is 0 Å². The van der Waals surface area contributed by atoms with Crippen LogP contribution in [0.5, 0.6) is 0 Å². The molecule has 1 unspecified atom stereocenters. The summed E-state index contributed by atoms with van der Waals surface area (Å²) in [6, 6.07) is 0. The minimum atomic E-state index is 0.635. The van der Waals surface area contributed by atoms with Gasteiger partial charge in [-0.3, -0.25) is 0 Å². The van der Waals surface area contributed by atoms with Crippen molar-refractivity contribution in [2.75, 3.05) is 13.1 Å². The average Bonchev–Trinajstić information content (AvgIpc) is 3.28.